The second kappa shape index (κ2) is 14.5. The number of halogens is 3. The van der Waals surface area contributed by atoms with Gasteiger partial charge in [0, 0.05) is 43.6 Å². The SMILES string of the molecule is CC(C)C(N)=NC(=O)N1CCC([C@H](C)CCOc2ccc([C@H](NC(=O)OC(C)(C)C)C(=O)N3CCC(F)(F)C3)c(F)c2)CC1. The Morgan fingerprint density at radius 1 is 1.11 bits per heavy atom. The van der Waals surface area contributed by atoms with Gasteiger partial charge in [0.05, 0.1) is 13.2 Å². The van der Waals surface area contributed by atoms with Crippen molar-refractivity contribution in [2.75, 3.05) is 32.8 Å². The van der Waals surface area contributed by atoms with E-state index in [-0.39, 0.29) is 29.8 Å². The average Bonchev–Trinajstić information content (AvgIpc) is 3.30. The molecule has 2 heterocycles. The van der Waals surface area contributed by atoms with Crippen LogP contribution in [-0.2, 0) is 9.53 Å². The molecule has 0 aliphatic carbocycles. The number of hydrogen-bond donors (Lipinski definition) is 2. The molecule has 3 rings (SSSR count). The number of ether oxygens (including phenoxy) is 2. The molecule has 13 heteroatoms. The van der Waals surface area contributed by atoms with Crippen LogP contribution in [0.15, 0.2) is 23.2 Å². The van der Waals surface area contributed by atoms with E-state index in [2.05, 4.69) is 17.2 Å². The number of amides is 4. The van der Waals surface area contributed by atoms with E-state index in [9.17, 15) is 23.2 Å². The zero-order valence-electron chi connectivity index (χ0n) is 26.5. The smallest absolute Gasteiger partial charge is 0.408 e. The van der Waals surface area contributed by atoms with Crippen LogP contribution in [0.1, 0.15) is 78.8 Å². The molecule has 0 saturated carbocycles. The first-order valence-corrected chi connectivity index (χ1v) is 15.2. The highest BCUT2D eigenvalue weighted by atomic mass is 19.3. The number of rotatable bonds is 9. The molecule has 10 nitrogen and oxygen atoms in total. The number of nitrogens with zero attached hydrogens (tertiary/aromatic N) is 3. The topological polar surface area (TPSA) is 127 Å². The van der Waals surface area contributed by atoms with Gasteiger partial charge in [-0.1, -0.05) is 20.8 Å². The Labute approximate surface area is 257 Å². The van der Waals surface area contributed by atoms with Gasteiger partial charge in [-0.2, -0.15) is 4.99 Å². The molecule has 0 bridgehead atoms. The molecule has 1 aromatic rings. The number of likely N-dealkylation sites (tertiary alicyclic amines) is 2. The lowest BCUT2D eigenvalue weighted by atomic mass is 9.84. The maximum Gasteiger partial charge on any atom is 0.408 e. The first kappa shape index (κ1) is 35.0. The Morgan fingerprint density at radius 3 is 2.32 bits per heavy atom. The first-order valence-electron chi connectivity index (χ1n) is 15.2. The van der Waals surface area contributed by atoms with Gasteiger partial charge in [-0.25, -0.2) is 22.8 Å². The van der Waals surface area contributed by atoms with Gasteiger partial charge in [0.1, 0.15) is 29.0 Å². The molecule has 0 radical (unpaired) electrons. The van der Waals surface area contributed by atoms with Crippen LogP contribution in [0, 0.1) is 23.6 Å². The number of nitrogens with two attached hydrogens (primary N) is 1. The quantitative estimate of drug-likeness (QED) is 0.275. The van der Waals surface area contributed by atoms with Crippen molar-refractivity contribution >= 4 is 23.9 Å². The van der Waals surface area contributed by atoms with Crippen molar-refractivity contribution < 1.29 is 37.0 Å². The summed E-state index contributed by atoms with van der Waals surface area (Å²) in [5.74, 6) is -3.49. The molecule has 246 valence electrons. The standard InChI is InChI=1S/C31H46F3N5O5/c1-19(2)26(35)37-28(41)38-13-9-21(10-14-38)20(3)11-16-43-22-7-8-23(24(32)17-22)25(36-29(42)44-30(4,5)6)27(40)39-15-12-31(33,34)18-39/h7-8,17,19-21,25H,9-16,18H2,1-6H3,(H,36,42)(H2,35,37,41)/t20-,25+/m1/s1. The summed E-state index contributed by atoms with van der Waals surface area (Å²) < 4.78 is 54.0. The molecule has 2 fully saturated rings. The lowest BCUT2D eigenvalue weighted by Crippen LogP contribution is -2.44. The van der Waals surface area contributed by atoms with Crippen molar-refractivity contribution in [2.45, 2.75) is 84.8 Å². The van der Waals surface area contributed by atoms with Crippen molar-refractivity contribution in [1.29, 1.82) is 0 Å². The van der Waals surface area contributed by atoms with Gasteiger partial charge in [0.25, 0.3) is 5.92 Å². The van der Waals surface area contributed by atoms with Crippen molar-refractivity contribution in [3.05, 3.63) is 29.6 Å². The first-order chi connectivity index (χ1) is 20.5. The second-order valence-electron chi connectivity index (χ2n) is 13.0. The van der Waals surface area contributed by atoms with E-state index in [0.29, 0.717) is 43.8 Å². The number of piperidine rings is 1. The van der Waals surface area contributed by atoms with Crippen LogP contribution in [0.4, 0.5) is 22.8 Å². The molecule has 0 spiro atoms. The number of carbonyl (C=O) groups is 3. The summed E-state index contributed by atoms with van der Waals surface area (Å²) in [5.41, 5.74) is 4.75. The van der Waals surface area contributed by atoms with Crippen LogP contribution >= 0.6 is 0 Å². The molecular weight excluding hydrogens is 579 g/mol. The van der Waals surface area contributed by atoms with Gasteiger partial charge in [0.15, 0.2) is 0 Å². The predicted molar refractivity (Wildman–Crippen MR) is 160 cm³/mol. The Morgan fingerprint density at radius 2 is 1.77 bits per heavy atom. The average molecular weight is 626 g/mol. The zero-order chi connectivity index (χ0) is 32.8. The van der Waals surface area contributed by atoms with E-state index in [0.717, 1.165) is 23.8 Å². The summed E-state index contributed by atoms with van der Waals surface area (Å²) >= 11 is 0. The fraction of sp³-hybridized carbons (Fsp3) is 0.677. The third-order valence-electron chi connectivity index (χ3n) is 7.95. The Kier molecular flexibility index (Phi) is 11.5. The van der Waals surface area contributed by atoms with Crippen LogP contribution in [0.25, 0.3) is 0 Å². The van der Waals surface area contributed by atoms with Crippen LogP contribution in [0.5, 0.6) is 5.75 Å². The van der Waals surface area contributed by atoms with Crippen LogP contribution < -0.4 is 15.8 Å². The molecule has 2 saturated heterocycles. The van der Waals surface area contributed by atoms with E-state index in [4.69, 9.17) is 15.2 Å². The van der Waals surface area contributed by atoms with Crippen molar-refractivity contribution in [2.24, 2.45) is 28.5 Å². The monoisotopic (exact) mass is 625 g/mol. The number of carbonyl (C=O) groups excluding carboxylic acids is 3. The molecule has 1 aromatic carbocycles. The van der Waals surface area contributed by atoms with Crippen molar-refractivity contribution in [3.8, 4) is 5.75 Å². The van der Waals surface area contributed by atoms with Crippen molar-refractivity contribution in [3.63, 3.8) is 0 Å². The van der Waals surface area contributed by atoms with Crippen LogP contribution in [0.2, 0.25) is 0 Å². The number of benzene rings is 1. The minimum atomic E-state index is -3.05. The van der Waals surface area contributed by atoms with Gasteiger partial charge in [0.2, 0.25) is 5.91 Å². The Bertz CT molecular complexity index is 1210. The molecular formula is C31H46F3N5O5. The van der Waals surface area contributed by atoms with Crippen molar-refractivity contribution in [1.82, 2.24) is 15.1 Å². The number of alkyl halides is 2. The summed E-state index contributed by atoms with van der Waals surface area (Å²) in [5, 5.41) is 2.36. The van der Waals surface area contributed by atoms with Crippen LogP contribution in [-0.4, -0.2) is 78.0 Å². The highest BCUT2D eigenvalue weighted by Gasteiger charge is 2.43. The molecule has 2 aliphatic rings. The van der Waals surface area contributed by atoms with Gasteiger partial charge in [-0.3, -0.25) is 4.79 Å². The number of nitrogens with one attached hydrogen (secondary N) is 1. The molecule has 2 aliphatic heterocycles. The summed E-state index contributed by atoms with van der Waals surface area (Å²) in [7, 11) is 0. The number of aliphatic imine (C=N–C) groups is 1. The number of hydrogen-bond acceptors (Lipinski definition) is 5. The summed E-state index contributed by atoms with van der Waals surface area (Å²) in [6, 6.07) is 2.04. The van der Waals surface area contributed by atoms with E-state index in [1.54, 1.807) is 25.7 Å². The second-order valence-corrected chi connectivity index (χ2v) is 13.0. The van der Waals surface area contributed by atoms with E-state index in [1.165, 1.54) is 12.1 Å². The van der Waals surface area contributed by atoms with Gasteiger partial charge in [-0.05, 0) is 64.0 Å². The number of urea groups is 1. The molecule has 0 unspecified atom stereocenters. The third-order valence-corrected chi connectivity index (χ3v) is 7.95. The molecule has 3 N–H and O–H groups in total. The fourth-order valence-electron chi connectivity index (χ4n) is 5.20. The lowest BCUT2D eigenvalue weighted by Gasteiger charge is -2.34. The van der Waals surface area contributed by atoms with E-state index < -0.39 is 48.3 Å². The normalized spacial score (nSPS) is 19.1. The summed E-state index contributed by atoms with van der Waals surface area (Å²) in [6.45, 7) is 11.3. The summed E-state index contributed by atoms with van der Waals surface area (Å²) in [4.78, 5) is 44.7. The highest BCUT2D eigenvalue weighted by molar-refractivity contribution is 5.93. The molecule has 44 heavy (non-hydrogen) atoms. The maximum absolute atomic E-state index is 15.3. The Balaban J connectivity index is 1.58. The third kappa shape index (κ3) is 10.0. The number of alkyl carbamates (subject to hydrolysis) is 1. The number of amidine groups is 1. The van der Waals surface area contributed by atoms with Gasteiger partial charge < -0.3 is 30.3 Å². The zero-order valence-corrected chi connectivity index (χ0v) is 26.5. The van der Waals surface area contributed by atoms with Crippen LogP contribution in [0.3, 0.4) is 0 Å². The Hall–Kier alpha value is -3.51. The minimum absolute atomic E-state index is 0.00444. The van der Waals surface area contributed by atoms with Gasteiger partial charge in [-0.15, -0.1) is 0 Å². The van der Waals surface area contributed by atoms with E-state index in [1.807, 2.05) is 13.8 Å². The minimum Gasteiger partial charge on any atom is -0.493 e. The lowest BCUT2D eigenvalue weighted by molar-refractivity contribution is -0.134. The molecule has 2 atom stereocenters. The predicted octanol–water partition coefficient (Wildman–Crippen LogP) is 5.51. The maximum atomic E-state index is 15.3. The van der Waals surface area contributed by atoms with Gasteiger partial charge >= 0.3 is 12.1 Å². The fourth-order valence-corrected chi connectivity index (χ4v) is 5.20. The summed E-state index contributed by atoms with van der Waals surface area (Å²) in [6.07, 6.45) is 0.876. The molecule has 0 aromatic heterocycles. The molecule has 4 amide bonds. The highest BCUT2D eigenvalue weighted by Crippen LogP contribution is 2.32. The van der Waals surface area contributed by atoms with E-state index >= 15 is 4.39 Å². The largest absolute Gasteiger partial charge is 0.493 e.